The van der Waals surface area contributed by atoms with Crippen LogP contribution in [-0.2, 0) is 4.57 Å². The average molecular weight is 210 g/mol. The minimum Gasteiger partial charge on any atom is -0.400 e. The van der Waals surface area contributed by atoms with Crippen LogP contribution in [0.3, 0.4) is 0 Å². The molecule has 0 bridgehead atoms. The van der Waals surface area contributed by atoms with Crippen molar-refractivity contribution in [2.24, 2.45) is 0 Å². The van der Waals surface area contributed by atoms with Gasteiger partial charge in [0.05, 0.1) is 0 Å². The van der Waals surface area contributed by atoms with E-state index in [0.29, 0.717) is 12.8 Å². The van der Waals surface area contributed by atoms with Crippen molar-refractivity contribution in [1.29, 1.82) is 0 Å². The van der Waals surface area contributed by atoms with Crippen molar-refractivity contribution in [3.63, 3.8) is 0 Å². The molecule has 0 radical (unpaired) electrons. The van der Waals surface area contributed by atoms with E-state index < -0.39 is 5.34 Å². The van der Waals surface area contributed by atoms with Crippen LogP contribution in [0.5, 0.6) is 0 Å². The van der Waals surface area contributed by atoms with Crippen LogP contribution in [0.2, 0.25) is 0 Å². The lowest BCUT2D eigenvalue weighted by Crippen LogP contribution is -2.23. The van der Waals surface area contributed by atoms with Crippen LogP contribution in [0.15, 0.2) is 0 Å². The predicted molar refractivity (Wildman–Crippen MR) is 51.9 cm³/mol. The Balaban J connectivity index is 0. The molecule has 4 nitrogen and oxygen atoms in total. The molecular formula is C8H19O4P. The molecule has 1 rings (SSSR count). The highest BCUT2D eigenvalue weighted by molar-refractivity contribution is 7.25. The molecule has 0 spiro atoms. The Morgan fingerprint density at radius 3 is 1.62 bits per heavy atom. The lowest BCUT2D eigenvalue weighted by atomic mass is 9.97. The third-order valence-corrected chi connectivity index (χ3v) is 2.61. The Bertz CT molecular complexity index is 113. The van der Waals surface area contributed by atoms with Crippen molar-refractivity contribution in [3.8, 4) is 0 Å². The summed E-state index contributed by atoms with van der Waals surface area (Å²) >= 11 is 0. The SMILES string of the molecule is CO.CO.O=PC1(O)CCCCC1. The van der Waals surface area contributed by atoms with Gasteiger partial charge in [0.15, 0.2) is 8.46 Å². The van der Waals surface area contributed by atoms with E-state index in [1.165, 1.54) is 6.42 Å². The fourth-order valence-electron chi connectivity index (χ4n) is 1.21. The molecule has 1 aliphatic rings. The maximum Gasteiger partial charge on any atom is 0.190 e. The van der Waals surface area contributed by atoms with Gasteiger partial charge in [0.2, 0.25) is 0 Å². The number of rotatable bonds is 1. The third kappa shape index (κ3) is 7.08. The van der Waals surface area contributed by atoms with Crippen molar-refractivity contribution >= 4 is 8.46 Å². The molecule has 0 aromatic heterocycles. The second-order valence-corrected chi connectivity index (χ2v) is 3.65. The van der Waals surface area contributed by atoms with Crippen LogP contribution >= 0.6 is 8.46 Å². The van der Waals surface area contributed by atoms with Crippen molar-refractivity contribution in [2.75, 3.05) is 14.2 Å². The summed E-state index contributed by atoms with van der Waals surface area (Å²) in [6.07, 6.45) is 4.63. The summed E-state index contributed by atoms with van der Waals surface area (Å²) < 4.78 is 10.3. The van der Waals surface area contributed by atoms with E-state index in [0.717, 1.165) is 27.1 Å². The molecule has 13 heavy (non-hydrogen) atoms. The molecule has 0 amide bonds. The van der Waals surface area contributed by atoms with E-state index in [-0.39, 0.29) is 8.46 Å². The number of hydrogen-bond acceptors (Lipinski definition) is 4. The zero-order valence-corrected chi connectivity index (χ0v) is 9.13. The minimum atomic E-state index is -0.863. The Labute approximate surface area is 80.8 Å². The van der Waals surface area contributed by atoms with E-state index in [1.807, 2.05) is 0 Å². The Morgan fingerprint density at radius 2 is 1.38 bits per heavy atom. The van der Waals surface area contributed by atoms with Gasteiger partial charge in [-0.25, -0.2) is 0 Å². The minimum absolute atomic E-state index is 0.0905. The highest BCUT2D eigenvalue weighted by atomic mass is 31.1. The van der Waals surface area contributed by atoms with Gasteiger partial charge >= 0.3 is 0 Å². The van der Waals surface area contributed by atoms with Crippen LogP contribution in [0.25, 0.3) is 0 Å². The average Bonchev–Trinajstić information content (AvgIpc) is 2.25. The van der Waals surface area contributed by atoms with Gasteiger partial charge in [-0.05, 0) is 25.7 Å². The summed E-state index contributed by atoms with van der Waals surface area (Å²) in [5.41, 5.74) is 0. The highest BCUT2D eigenvalue weighted by Gasteiger charge is 2.29. The van der Waals surface area contributed by atoms with E-state index in [1.54, 1.807) is 0 Å². The fourth-order valence-corrected chi connectivity index (χ4v) is 1.71. The molecular weight excluding hydrogens is 191 g/mol. The van der Waals surface area contributed by atoms with Crippen LogP contribution in [0, 0.1) is 0 Å². The maximum atomic E-state index is 10.3. The topological polar surface area (TPSA) is 77.8 Å². The Kier molecular flexibility index (Phi) is 12.0. The van der Waals surface area contributed by atoms with Crippen LogP contribution < -0.4 is 0 Å². The van der Waals surface area contributed by atoms with Gasteiger partial charge in [0.1, 0.15) is 5.34 Å². The van der Waals surface area contributed by atoms with Crippen LogP contribution in [0.4, 0.5) is 0 Å². The first-order chi connectivity index (χ1) is 6.27. The molecule has 0 aromatic carbocycles. The first-order valence-electron chi connectivity index (χ1n) is 4.23. The quantitative estimate of drug-likeness (QED) is 0.567. The van der Waals surface area contributed by atoms with Gasteiger partial charge in [0, 0.05) is 14.2 Å². The summed E-state index contributed by atoms with van der Waals surface area (Å²) in [6, 6.07) is 0. The van der Waals surface area contributed by atoms with Crippen molar-refractivity contribution in [2.45, 2.75) is 37.4 Å². The molecule has 1 fully saturated rings. The van der Waals surface area contributed by atoms with Crippen LogP contribution in [-0.4, -0.2) is 34.9 Å². The van der Waals surface area contributed by atoms with Gasteiger partial charge in [-0.3, -0.25) is 4.57 Å². The molecule has 1 saturated carbocycles. The molecule has 0 aromatic rings. The van der Waals surface area contributed by atoms with Gasteiger partial charge in [-0.15, -0.1) is 0 Å². The highest BCUT2D eigenvalue weighted by Crippen LogP contribution is 2.35. The largest absolute Gasteiger partial charge is 0.400 e. The molecule has 5 heteroatoms. The monoisotopic (exact) mass is 210 g/mol. The molecule has 0 saturated heterocycles. The van der Waals surface area contributed by atoms with E-state index >= 15 is 0 Å². The van der Waals surface area contributed by atoms with Crippen molar-refractivity contribution < 1.29 is 19.9 Å². The van der Waals surface area contributed by atoms with Crippen molar-refractivity contribution in [3.05, 3.63) is 0 Å². The zero-order chi connectivity index (χ0) is 10.7. The Morgan fingerprint density at radius 1 is 1.00 bits per heavy atom. The molecule has 0 atom stereocenters. The number of aliphatic hydroxyl groups is 3. The predicted octanol–water partition coefficient (Wildman–Crippen LogP) is 1.15. The second-order valence-electron chi connectivity index (χ2n) is 2.63. The number of aliphatic hydroxyl groups excluding tert-OH is 2. The van der Waals surface area contributed by atoms with Gasteiger partial charge < -0.3 is 15.3 Å². The summed E-state index contributed by atoms with van der Waals surface area (Å²) in [5, 5.41) is 22.5. The standard InChI is InChI=1S/C6H11O2P.2CH4O/c7-6(9-8)4-2-1-3-5-6;2*1-2/h7H,1-5H2;2*2H,1H3. The molecule has 80 valence electrons. The first kappa shape index (κ1) is 15.5. The summed E-state index contributed by atoms with van der Waals surface area (Å²) in [7, 11) is 1.91. The van der Waals surface area contributed by atoms with E-state index in [2.05, 4.69) is 0 Å². The second kappa shape index (κ2) is 10.1. The first-order valence-corrected chi connectivity index (χ1v) is 5.04. The smallest absolute Gasteiger partial charge is 0.190 e. The molecule has 0 heterocycles. The molecule has 0 aliphatic heterocycles. The third-order valence-electron chi connectivity index (χ3n) is 1.82. The van der Waals surface area contributed by atoms with Gasteiger partial charge in [-0.2, -0.15) is 0 Å². The Hall–Kier alpha value is -0.0200. The lowest BCUT2D eigenvalue weighted by Gasteiger charge is -2.24. The summed E-state index contributed by atoms with van der Waals surface area (Å²) in [5.74, 6) is 0. The number of hydrogen-bond donors (Lipinski definition) is 3. The van der Waals surface area contributed by atoms with E-state index in [9.17, 15) is 9.67 Å². The molecule has 3 N–H and O–H groups in total. The van der Waals surface area contributed by atoms with E-state index in [4.69, 9.17) is 10.2 Å². The van der Waals surface area contributed by atoms with Crippen LogP contribution in [0.1, 0.15) is 32.1 Å². The molecule has 1 aliphatic carbocycles. The molecule has 0 unspecified atom stereocenters. The zero-order valence-electron chi connectivity index (χ0n) is 8.23. The van der Waals surface area contributed by atoms with Crippen molar-refractivity contribution in [1.82, 2.24) is 0 Å². The lowest BCUT2D eigenvalue weighted by molar-refractivity contribution is 0.0881. The van der Waals surface area contributed by atoms with Gasteiger partial charge in [-0.1, -0.05) is 6.42 Å². The fraction of sp³-hybridized carbons (Fsp3) is 1.00. The summed E-state index contributed by atoms with van der Waals surface area (Å²) in [4.78, 5) is 0. The maximum absolute atomic E-state index is 10.3. The van der Waals surface area contributed by atoms with Gasteiger partial charge in [0.25, 0.3) is 0 Å². The summed E-state index contributed by atoms with van der Waals surface area (Å²) in [6.45, 7) is 0. The normalized spacial score (nSPS) is 19.2.